The van der Waals surface area contributed by atoms with E-state index >= 15 is 0 Å². The standard InChI is InChI=1S/C31H22O2/c1-17(2)21-10-27-14-26-13-24-11-22-8-19-6-4-5-7-20(19)9-23(22)12-25(24)16-28(26)18(3)30(27)29(15-21)31(32)33/h4-16H,1H2,2-3H3,(H,32,33). The Morgan fingerprint density at radius 3 is 1.79 bits per heavy atom. The molecule has 0 radical (unpaired) electrons. The van der Waals surface area contributed by atoms with E-state index in [1.807, 2.05) is 19.9 Å². The second-order valence-corrected chi connectivity index (χ2v) is 9.03. The van der Waals surface area contributed by atoms with Crippen LogP contribution in [-0.4, -0.2) is 11.1 Å². The number of aromatic carboxylic acids is 1. The highest BCUT2D eigenvalue weighted by Crippen LogP contribution is 2.36. The minimum atomic E-state index is -0.913. The molecule has 2 heteroatoms. The summed E-state index contributed by atoms with van der Waals surface area (Å²) in [5.74, 6) is -0.913. The van der Waals surface area contributed by atoms with Gasteiger partial charge in [0.1, 0.15) is 0 Å². The van der Waals surface area contributed by atoms with Crippen molar-refractivity contribution in [2.75, 3.05) is 0 Å². The second kappa shape index (κ2) is 6.91. The number of carboxylic acids is 1. The van der Waals surface area contributed by atoms with Gasteiger partial charge in [-0.25, -0.2) is 4.79 Å². The van der Waals surface area contributed by atoms with Gasteiger partial charge >= 0.3 is 5.97 Å². The predicted octanol–water partition coefficient (Wildman–Crippen LogP) is 8.49. The van der Waals surface area contributed by atoms with Crippen LogP contribution in [0.2, 0.25) is 0 Å². The third-order valence-electron chi connectivity index (χ3n) is 6.81. The Hall–Kier alpha value is -4.17. The summed E-state index contributed by atoms with van der Waals surface area (Å²) in [7, 11) is 0. The number of carbonyl (C=O) groups is 1. The average molecular weight is 427 g/mol. The monoisotopic (exact) mass is 426 g/mol. The Labute approximate surface area is 191 Å². The first kappa shape index (κ1) is 19.5. The molecule has 0 saturated heterocycles. The van der Waals surface area contributed by atoms with Crippen molar-refractivity contribution >= 4 is 65.4 Å². The van der Waals surface area contributed by atoms with Gasteiger partial charge in [0.15, 0.2) is 0 Å². The lowest BCUT2D eigenvalue weighted by Gasteiger charge is -2.14. The molecule has 6 aromatic carbocycles. The Kier molecular flexibility index (Phi) is 4.09. The molecular weight excluding hydrogens is 404 g/mol. The maximum Gasteiger partial charge on any atom is 0.336 e. The van der Waals surface area contributed by atoms with Crippen molar-refractivity contribution in [3.63, 3.8) is 0 Å². The van der Waals surface area contributed by atoms with Crippen LogP contribution in [0.3, 0.4) is 0 Å². The molecule has 0 aliphatic carbocycles. The minimum Gasteiger partial charge on any atom is -0.478 e. The molecule has 158 valence electrons. The van der Waals surface area contributed by atoms with Gasteiger partial charge in [-0.15, -0.1) is 0 Å². The summed E-state index contributed by atoms with van der Waals surface area (Å²) in [6.07, 6.45) is 0. The third kappa shape index (κ3) is 2.99. The molecule has 0 spiro atoms. The lowest BCUT2D eigenvalue weighted by atomic mass is 9.90. The zero-order chi connectivity index (χ0) is 22.9. The van der Waals surface area contributed by atoms with E-state index in [1.54, 1.807) is 6.07 Å². The SMILES string of the molecule is C=C(C)c1cc(C(=O)O)c2c(C)c3cc4cc5cc6ccccc6cc5cc4cc3cc2c1. The highest BCUT2D eigenvalue weighted by molar-refractivity contribution is 6.15. The highest BCUT2D eigenvalue weighted by Gasteiger charge is 2.16. The lowest BCUT2D eigenvalue weighted by Crippen LogP contribution is -2.01. The molecule has 6 rings (SSSR count). The Bertz CT molecular complexity index is 1820. The molecule has 0 aliphatic rings. The first-order chi connectivity index (χ1) is 15.9. The Morgan fingerprint density at radius 1 is 0.697 bits per heavy atom. The van der Waals surface area contributed by atoms with Crippen LogP contribution in [0.5, 0.6) is 0 Å². The summed E-state index contributed by atoms with van der Waals surface area (Å²) in [6, 6.07) is 27.7. The molecule has 0 bridgehead atoms. The fourth-order valence-electron chi connectivity index (χ4n) is 5.12. The first-order valence-corrected chi connectivity index (χ1v) is 11.1. The second-order valence-electron chi connectivity index (χ2n) is 9.03. The van der Waals surface area contributed by atoms with Gasteiger partial charge < -0.3 is 5.11 Å². The Balaban J connectivity index is 1.71. The number of hydrogen-bond donors (Lipinski definition) is 1. The van der Waals surface area contributed by atoms with Gasteiger partial charge in [-0.1, -0.05) is 36.4 Å². The first-order valence-electron chi connectivity index (χ1n) is 11.1. The number of carboxylic acid groups (broad SMARTS) is 1. The van der Waals surface area contributed by atoms with Crippen LogP contribution in [-0.2, 0) is 0 Å². The van der Waals surface area contributed by atoms with Crippen LogP contribution in [0.25, 0.3) is 59.4 Å². The number of fused-ring (bicyclic) bond motifs is 5. The van der Waals surface area contributed by atoms with Gasteiger partial charge in [-0.3, -0.25) is 0 Å². The van der Waals surface area contributed by atoms with E-state index in [1.165, 1.54) is 26.9 Å². The molecule has 0 heterocycles. The molecule has 6 aromatic rings. The fourth-order valence-corrected chi connectivity index (χ4v) is 5.12. The highest BCUT2D eigenvalue weighted by atomic mass is 16.4. The zero-order valence-corrected chi connectivity index (χ0v) is 18.6. The van der Waals surface area contributed by atoms with E-state index in [9.17, 15) is 9.90 Å². The predicted molar refractivity (Wildman–Crippen MR) is 140 cm³/mol. The molecular formula is C31H22O2. The summed E-state index contributed by atoms with van der Waals surface area (Å²) < 4.78 is 0. The third-order valence-corrected chi connectivity index (χ3v) is 6.81. The molecule has 0 aromatic heterocycles. The van der Waals surface area contributed by atoms with Gasteiger partial charge in [0.2, 0.25) is 0 Å². The van der Waals surface area contributed by atoms with Crippen LogP contribution < -0.4 is 0 Å². The number of rotatable bonds is 2. The van der Waals surface area contributed by atoms with Crippen LogP contribution in [0.15, 0.2) is 85.4 Å². The largest absolute Gasteiger partial charge is 0.478 e. The van der Waals surface area contributed by atoms with E-state index in [0.29, 0.717) is 5.56 Å². The lowest BCUT2D eigenvalue weighted by molar-refractivity contribution is 0.0699. The zero-order valence-electron chi connectivity index (χ0n) is 18.6. The van der Waals surface area contributed by atoms with E-state index in [4.69, 9.17) is 0 Å². The van der Waals surface area contributed by atoms with Gasteiger partial charge in [-0.2, -0.15) is 0 Å². The topological polar surface area (TPSA) is 37.3 Å². The van der Waals surface area contributed by atoms with Crippen molar-refractivity contribution in [1.29, 1.82) is 0 Å². The minimum absolute atomic E-state index is 0.329. The van der Waals surface area contributed by atoms with Crippen molar-refractivity contribution in [1.82, 2.24) is 0 Å². The molecule has 0 unspecified atom stereocenters. The number of allylic oxidation sites excluding steroid dienone is 1. The fraction of sp³-hybridized carbons (Fsp3) is 0.0645. The van der Waals surface area contributed by atoms with Gasteiger partial charge in [0, 0.05) is 0 Å². The number of hydrogen-bond acceptors (Lipinski definition) is 1. The van der Waals surface area contributed by atoms with Crippen molar-refractivity contribution < 1.29 is 9.90 Å². The van der Waals surface area contributed by atoms with Gasteiger partial charge in [-0.05, 0) is 133 Å². The van der Waals surface area contributed by atoms with Crippen LogP contribution >= 0.6 is 0 Å². The van der Waals surface area contributed by atoms with Crippen LogP contribution in [0.1, 0.15) is 28.4 Å². The van der Waals surface area contributed by atoms with E-state index < -0.39 is 5.97 Å². The maximum atomic E-state index is 12.1. The van der Waals surface area contributed by atoms with Crippen molar-refractivity contribution in [2.24, 2.45) is 0 Å². The van der Waals surface area contributed by atoms with E-state index in [-0.39, 0.29) is 0 Å². The van der Waals surface area contributed by atoms with Crippen LogP contribution in [0, 0.1) is 6.92 Å². The normalized spacial score (nSPS) is 11.7. The summed E-state index contributed by atoms with van der Waals surface area (Å²) >= 11 is 0. The molecule has 0 atom stereocenters. The number of aryl methyl sites for hydroxylation is 1. The van der Waals surface area contributed by atoms with Crippen molar-refractivity contribution in [3.8, 4) is 0 Å². The number of benzene rings is 6. The van der Waals surface area contributed by atoms with Crippen LogP contribution in [0.4, 0.5) is 0 Å². The maximum absolute atomic E-state index is 12.1. The summed E-state index contributed by atoms with van der Waals surface area (Å²) in [5.41, 5.74) is 3.04. The quantitative estimate of drug-likeness (QED) is 0.282. The molecule has 0 amide bonds. The Morgan fingerprint density at radius 2 is 1.21 bits per heavy atom. The molecule has 0 aliphatic heterocycles. The molecule has 0 saturated carbocycles. The van der Waals surface area contributed by atoms with Gasteiger partial charge in [0.05, 0.1) is 5.56 Å². The van der Waals surface area contributed by atoms with Gasteiger partial charge in [0.25, 0.3) is 0 Å². The molecule has 0 fully saturated rings. The van der Waals surface area contributed by atoms with E-state index in [2.05, 4.69) is 73.3 Å². The van der Waals surface area contributed by atoms with Crippen molar-refractivity contribution in [2.45, 2.75) is 13.8 Å². The summed E-state index contributed by atoms with van der Waals surface area (Å²) in [5, 5.41) is 21.1. The van der Waals surface area contributed by atoms with Crippen molar-refractivity contribution in [3.05, 3.63) is 102 Å². The van der Waals surface area contributed by atoms with E-state index in [0.717, 1.165) is 43.6 Å². The molecule has 1 N–H and O–H groups in total. The molecule has 2 nitrogen and oxygen atoms in total. The molecule has 33 heavy (non-hydrogen) atoms. The summed E-state index contributed by atoms with van der Waals surface area (Å²) in [4.78, 5) is 12.1. The smallest absolute Gasteiger partial charge is 0.336 e. The average Bonchev–Trinajstić information content (AvgIpc) is 2.79. The summed E-state index contributed by atoms with van der Waals surface area (Å²) in [6.45, 7) is 7.95.